The lowest BCUT2D eigenvalue weighted by atomic mass is 10.2. The maximum absolute atomic E-state index is 10.6. The third-order valence-electron chi connectivity index (χ3n) is 2.27. The summed E-state index contributed by atoms with van der Waals surface area (Å²) < 4.78 is 11.1. The van der Waals surface area contributed by atoms with Gasteiger partial charge in [0, 0.05) is 17.2 Å². The lowest BCUT2D eigenvalue weighted by Gasteiger charge is -2.10. The number of rotatable bonds is 5. The summed E-state index contributed by atoms with van der Waals surface area (Å²) >= 11 is 3.37. The van der Waals surface area contributed by atoms with Gasteiger partial charge in [-0.05, 0) is 28.1 Å². The molecular formula is C13H10BrNO4. The Labute approximate surface area is 117 Å². The minimum absolute atomic E-state index is 0.292. The highest BCUT2D eigenvalue weighted by molar-refractivity contribution is 9.10. The van der Waals surface area contributed by atoms with E-state index in [1.54, 1.807) is 18.3 Å². The van der Waals surface area contributed by atoms with Crippen molar-refractivity contribution >= 4 is 28.0 Å². The van der Waals surface area contributed by atoms with Gasteiger partial charge in [0.25, 0.3) is 0 Å². The fourth-order valence-corrected chi connectivity index (χ4v) is 1.92. The molecule has 0 saturated carbocycles. The Hall–Kier alpha value is -2.08. The van der Waals surface area contributed by atoms with Crippen molar-refractivity contribution in [3.8, 4) is 5.75 Å². The third-order valence-corrected chi connectivity index (χ3v) is 2.89. The van der Waals surface area contributed by atoms with Crippen LogP contribution in [0.3, 0.4) is 0 Å². The number of aliphatic carboxylic acids is 1. The van der Waals surface area contributed by atoms with Gasteiger partial charge in [0.15, 0.2) is 0 Å². The predicted octanol–water partition coefficient (Wildman–Crippen LogP) is 3.11. The predicted molar refractivity (Wildman–Crippen MR) is 71.6 cm³/mol. The van der Waals surface area contributed by atoms with E-state index in [4.69, 9.17) is 14.4 Å². The van der Waals surface area contributed by atoms with Crippen LogP contribution in [0.1, 0.15) is 11.1 Å². The van der Waals surface area contributed by atoms with Crippen LogP contribution >= 0.6 is 15.9 Å². The first-order valence-electron chi connectivity index (χ1n) is 5.37. The Bertz CT molecular complexity index is 593. The quantitative estimate of drug-likeness (QED) is 0.856. The molecule has 2 aromatic rings. The average Bonchev–Trinajstić information content (AvgIpc) is 2.88. The number of carbonyl (C=O) groups is 1. The Balaban J connectivity index is 2.20. The topological polar surface area (TPSA) is 72.6 Å². The molecular weight excluding hydrogens is 314 g/mol. The van der Waals surface area contributed by atoms with E-state index in [-0.39, 0.29) is 0 Å². The molecule has 0 radical (unpaired) electrons. The van der Waals surface area contributed by atoms with Gasteiger partial charge in [-0.25, -0.2) is 4.79 Å². The number of nitrogens with zero attached hydrogens (tertiary/aromatic N) is 1. The minimum atomic E-state index is -1.01. The molecule has 0 aliphatic carbocycles. The van der Waals surface area contributed by atoms with Crippen LogP contribution in [-0.4, -0.2) is 16.2 Å². The number of halogens is 1. The second kappa shape index (κ2) is 6.19. The van der Waals surface area contributed by atoms with Crippen LogP contribution < -0.4 is 4.74 Å². The van der Waals surface area contributed by atoms with Crippen molar-refractivity contribution in [2.75, 3.05) is 0 Å². The Morgan fingerprint density at radius 3 is 3.05 bits per heavy atom. The van der Waals surface area contributed by atoms with E-state index in [1.807, 2.05) is 6.07 Å². The lowest BCUT2D eigenvalue weighted by Crippen LogP contribution is -1.97. The van der Waals surface area contributed by atoms with Gasteiger partial charge in [0.05, 0.1) is 10.7 Å². The fourth-order valence-electron chi connectivity index (χ4n) is 1.42. The van der Waals surface area contributed by atoms with Crippen molar-refractivity contribution in [1.29, 1.82) is 0 Å². The van der Waals surface area contributed by atoms with Crippen LogP contribution in [0, 0.1) is 0 Å². The third kappa shape index (κ3) is 3.69. The summed E-state index contributed by atoms with van der Waals surface area (Å²) in [4.78, 5) is 10.6. The highest BCUT2D eigenvalue weighted by atomic mass is 79.9. The molecule has 0 aliphatic rings. The van der Waals surface area contributed by atoms with E-state index < -0.39 is 5.97 Å². The van der Waals surface area contributed by atoms with E-state index >= 15 is 0 Å². The Morgan fingerprint density at radius 2 is 2.37 bits per heavy atom. The Kier molecular flexibility index (Phi) is 4.35. The molecule has 1 heterocycles. The molecule has 19 heavy (non-hydrogen) atoms. The van der Waals surface area contributed by atoms with Crippen molar-refractivity contribution in [2.24, 2.45) is 0 Å². The highest BCUT2D eigenvalue weighted by Crippen LogP contribution is 2.30. The van der Waals surface area contributed by atoms with Gasteiger partial charge in [-0.3, -0.25) is 0 Å². The summed E-state index contributed by atoms with van der Waals surface area (Å²) in [5.41, 5.74) is 1.47. The number of aromatic nitrogens is 1. The molecule has 2 rings (SSSR count). The number of carboxylic acids is 1. The molecule has 0 atom stereocenters. The van der Waals surface area contributed by atoms with Gasteiger partial charge in [0.1, 0.15) is 18.6 Å². The number of benzene rings is 1. The largest absolute Gasteiger partial charge is 0.487 e. The first-order valence-corrected chi connectivity index (χ1v) is 6.16. The molecule has 1 aromatic carbocycles. The standard InChI is InChI=1S/C13H10BrNO4/c14-11-3-1-2-10(4-5-12(16)17)13(11)18-7-9-6-15-19-8-9/h1-6,8H,7H2,(H,16,17). The number of ether oxygens (including phenoxy) is 1. The van der Waals surface area contributed by atoms with E-state index in [1.165, 1.54) is 12.3 Å². The molecule has 0 unspecified atom stereocenters. The maximum atomic E-state index is 10.6. The van der Waals surface area contributed by atoms with Crippen LogP contribution in [0.15, 0.2) is 45.7 Å². The first kappa shape index (κ1) is 13.4. The van der Waals surface area contributed by atoms with Crippen molar-refractivity contribution in [3.05, 3.63) is 52.3 Å². The molecule has 1 N–H and O–H groups in total. The molecule has 98 valence electrons. The van der Waals surface area contributed by atoms with Crippen molar-refractivity contribution in [3.63, 3.8) is 0 Å². The van der Waals surface area contributed by atoms with E-state index in [0.717, 1.165) is 16.1 Å². The molecule has 5 nitrogen and oxygen atoms in total. The Morgan fingerprint density at radius 1 is 1.53 bits per heavy atom. The molecule has 0 saturated heterocycles. The fraction of sp³-hybridized carbons (Fsp3) is 0.0769. The van der Waals surface area contributed by atoms with Crippen molar-refractivity contribution < 1.29 is 19.2 Å². The van der Waals surface area contributed by atoms with E-state index in [9.17, 15) is 4.79 Å². The zero-order chi connectivity index (χ0) is 13.7. The first-order chi connectivity index (χ1) is 9.16. The second-order valence-corrected chi connectivity index (χ2v) is 4.51. The van der Waals surface area contributed by atoms with Gasteiger partial charge < -0.3 is 14.4 Å². The zero-order valence-electron chi connectivity index (χ0n) is 9.75. The SMILES string of the molecule is O=C(O)C=Cc1cccc(Br)c1OCc1cnoc1. The van der Waals surface area contributed by atoms with Gasteiger partial charge in [-0.15, -0.1) is 0 Å². The molecule has 0 bridgehead atoms. The van der Waals surface area contributed by atoms with E-state index in [2.05, 4.69) is 21.1 Å². The van der Waals surface area contributed by atoms with Crippen LogP contribution in [0.2, 0.25) is 0 Å². The van der Waals surface area contributed by atoms with Gasteiger partial charge in [-0.2, -0.15) is 0 Å². The van der Waals surface area contributed by atoms with Crippen LogP contribution in [0.25, 0.3) is 6.08 Å². The number of hydrogen-bond acceptors (Lipinski definition) is 4. The molecule has 6 heteroatoms. The second-order valence-electron chi connectivity index (χ2n) is 3.65. The highest BCUT2D eigenvalue weighted by Gasteiger charge is 2.07. The number of para-hydroxylation sites is 1. The minimum Gasteiger partial charge on any atom is -0.487 e. The summed E-state index contributed by atoms with van der Waals surface area (Å²) in [6.45, 7) is 0.292. The molecule has 0 fully saturated rings. The molecule has 0 spiro atoms. The van der Waals surface area contributed by atoms with Crippen molar-refractivity contribution in [1.82, 2.24) is 5.16 Å². The normalized spacial score (nSPS) is 10.8. The lowest BCUT2D eigenvalue weighted by molar-refractivity contribution is -0.131. The van der Waals surface area contributed by atoms with Crippen LogP contribution in [0.4, 0.5) is 0 Å². The molecule has 0 aliphatic heterocycles. The van der Waals surface area contributed by atoms with Crippen molar-refractivity contribution in [2.45, 2.75) is 6.61 Å². The summed E-state index contributed by atoms with van der Waals surface area (Å²) in [7, 11) is 0. The number of hydrogen-bond donors (Lipinski definition) is 1. The molecule has 1 aromatic heterocycles. The average molecular weight is 324 g/mol. The smallest absolute Gasteiger partial charge is 0.328 e. The van der Waals surface area contributed by atoms with Crippen LogP contribution in [-0.2, 0) is 11.4 Å². The zero-order valence-corrected chi connectivity index (χ0v) is 11.3. The molecule has 0 amide bonds. The summed E-state index contributed by atoms with van der Waals surface area (Å²) in [5, 5.41) is 12.2. The van der Waals surface area contributed by atoms with Crippen LogP contribution in [0.5, 0.6) is 5.75 Å². The summed E-state index contributed by atoms with van der Waals surface area (Å²) in [6, 6.07) is 5.39. The van der Waals surface area contributed by atoms with Gasteiger partial charge in [-0.1, -0.05) is 17.3 Å². The van der Waals surface area contributed by atoms with Gasteiger partial charge in [0.2, 0.25) is 0 Å². The summed E-state index contributed by atoms with van der Waals surface area (Å²) in [5.74, 6) is -0.439. The van der Waals surface area contributed by atoms with Gasteiger partial charge >= 0.3 is 5.97 Å². The van der Waals surface area contributed by atoms with E-state index in [0.29, 0.717) is 17.9 Å². The summed E-state index contributed by atoms with van der Waals surface area (Å²) in [6.07, 6.45) is 5.59. The monoisotopic (exact) mass is 323 g/mol. The maximum Gasteiger partial charge on any atom is 0.328 e. The number of carboxylic acid groups (broad SMARTS) is 1.